The Bertz CT molecular complexity index is 465. The number of rotatable bonds is 2. The lowest BCUT2D eigenvalue weighted by atomic mass is 10.2. The van der Waals surface area contributed by atoms with E-state index in [1.54, 1.807) is 18.3 Å². The minimum absolute atomic E-state index is 0.239. The average molecular weight is 203 g/mol. The Morgan fingerprint density at radius 3 is 3.00 bits per heavy atom. The lowest BCUT2D eigenvalue weighted by molar-refractivity contribution is 0.102. The topological polar surface area (TPSA) is 83.6 Å². The molecule has 2 aromatic heterocycles. The summed E-state index contributed by atoms with van der Waals surface area (Å²) in [5, 5.41) is 8.74. The van der Waals surface area contributed by atoms with Gasteiger partial charge in [0, 0.05) is 17.5 Å². The predicted molar refractivity (Wildman–Crippen MR) is 53.3 cm³/mol. The van der Waals surface area contributed by atoms with Crippen LogP contribution in [-0.4, -0.2) is 26.1 Å². The van der Waals surface area contributed by atoms with Crippen molar-refractivity contribution in [3.05, 3.63) is 35.9 Å². The Kier molecular flexibility index (Phi) is 2.40. The molecule has 0 spiro atoms. The Hall–Kier alpha value is -2.24. The molecule has 0 unspecified atom stereocenters. The first-order valence-electron chi connectivity index (χ1n) is 4.35. The Balaban J connectivity index is 2.15. The van der Waals surface area contributed by atoms with Gasteiger partial charge in [0.15, 0.2) is 0 Å². The number of hydrogen-bond acceptors (Lipinski definition) is 4. The normalized spacial score (nSPS) is 9.93. The Morgan fingerprint density at radius 2 is 2.33 bits per heavy atom. The van der Waals surface area contributed by atoms with Crippen molar-refractivity contribution in [3.8, 4) is 0 Å². The van der Waals surface area contributed by atoms with Gasteiger partial charge in [0.05, 0.1) is 0 Å². The van der Waals surface area contributed by atoms with Crippen molar-refractivity contribution in [2.75, 3.05) is 5.32 Å². The van der Waals surface area contributed by atoms with E-state index in [9.17, 15) is 4.79 Å². The SMILES string of the molecule is Cc1cc(C(=O)Nc2ncn[nH]2)ccn1. The lowest BCUT2D eigenvalue weighted by Gasteiger charge is -2.01. The van der Waals surface area contributed by atoms with Crippen molar-refractivity contribution in [2.24, 2.45) is 0 Å². The largest absolute Gasteiger partial charge is 0.291 e. The number of aromatic nitrogens is 4. The van der Waals surface area contributed by atoms with Gasteiger partial charge in [-0.3, -0.25) is 15.1 Å². The summed E-state index contributed by atoms with van der Waals surface area (Å²) in [6.07, 6.45) is 2.91. The second kappa shape index (κ2) is 3.87. The fraction of sp³-hybridized carbons (Fsp3) is 0.111. The van der Waals surface area contributed by atoms with Crippen LogP contribution in [0.15, 0.2) is 24.7 Å². The molecule has 0 bridgehead atoms. The zero-order valence-corrected chi connectivity index (χ0v) is 8.06. The highest BCUT2D eigenvalue weighted by Gasteiger charge is 2.07. The number of nitrogens with zero attached hydrogens (tertiary/aromatic N) is 3. The van der Waals surface area contributed by atoms with Crippen molar-refractivity contribution in [3.63, 3.8) is 0 Å². The van der Waals surface area contributed by atoms with Gasteiger partial charge in [-0.1, -0.05) is 0 Å². The molecule has 0 atom stereocenters. The minimum atomic E-state index is -0.239. The smallest absolute Gasteiger partial charge is 0.258 e. The molecule has 2 N–H and O–H groups in total. The molecule has 2 aromatic rings. The molecule has 0 aliphatic carbocycles. The predicted octanol–water partition coefficient (Wildman–Crippen LogP) is 0.760. The van der Waals surface area contributed by atoms with Gasteiger partial charge < -0.3 is 0 Å². The zero-order valence-electron chi connectivity index (χ0n) is 8.06. The van der Waals surface area contributed by atoms with Crippen LogP contribution >= 0.6 is 0 Å². The molecule has 0 radical (unpaired) electrons. The van der Waals surface area contributed by atoms with Gasteiger partial charge in [0.25, 0.3) is 5.91 Å². The molecule has 2 rings (SSSR count). The molecule has 0 aliphatic heterocycles. The van der Waals surface area contributed by atoms with Crippen molar-refractivity contribution >= 4 is 11.9 Å². The van der Waals surface area contributed by atoms with E-state index in [0.717, 1.165) is 5.69 Å². The highest BCUT2D eigenvalue weighted by molar-refractivity contribution is 6.03. The monoisotopic (exact) mass is 203 g/mol. The van der Waals surface area contributed by atoms with Crippen molar-refractivity contribution < 1.29 is 4.79 Å². The van der Waals surface area contributed by atoms with Gasteiger partial charge >= 0.3 is 0 Å². The summed E-state index contributed by atoms with van der Waals surface area (Å²) in [4.78, 5) is 19.4. The Labute approximate surface area is 85.8 Å². The van der Waals surface area contributed by atoms with E-state index in [2.05, 4.69) is 25.5 Å². The fourth-order valence-electron chi connectivity index (χ4n) is 1.13. The van der Waals surface area contributed by atoms with Crippen LogP contribution in [0.5, 0.6) is 0 Å². The first-order chi connectivity index (χ1) is 7.25. The van der Waals surface area contributed by atoms with Crippen molar-refractivity contribution in [1.82, 2.24) is 20.2 Å². The van der Waals surface area contributed by atoms with Crippen LogP contribution < -0.4 is 5.32 Å². The number of aryl methyl sites for hydroxylation is 1. The van der Waals surface area contributed by atoms with E-state index in [1.165, 1.54) is 6.33 Å². The third-order valence-electron chi connectivity index (χ3n) is 1.81. The molecule has 2 heterocycles. The number of pyridine rings is 1. The van der Waals surface area contributed by atoms with Gasteiger partial charge in [0.2, 0.25) is 5.95 Å². The number of aromatic amines is 1. The van der Waals surface area contributed by atoms with E-state index in [-0.39, 0.29) is 5.91 Å². The average Bonchev–Trinajstić information content (AvgIpc) is 2.70. The summed E-state index contributed by atoms with van der Waals surface area (Å²) in [6, 6.07) is 3.34. The molecule has 15 heavy (non-hydrogen) atoms. The van der Waals surface area contributed by atoms with Crippen molar-refractivity contribution in [1.29, 1.82) is 0 Å². The van der Waals surface area contributed by atoms with Gasteiger partial charge in [-0.15, -0.1) is 0 Å². The van der Waals surface area contributed by atoms with Crippen molar-refractivity contribution in [2.45, 2.75) is 6.92 Å². The molecular weight excluding hydrogens is 194 g/mol. The second-order valence-corrected chi connectivity index (χ2v) is 2.97. The summed E-state index contributed by atoms with van der Waals surface area (Å²) < 4.78 is 0. The number of carbonyl (C=O) groups excluding carboxylic acids is 1. The third kappa shape index (κ3) is 2.16. The number of nitrogens with one attached hydrogen (secondary N) is 2. The quantitative estimate of drug-likeness (QED) is 0.754. The third-order valence-corrected chi connectivity index (χ3v) is 1.81. The number of carbonyl (C=O) groups is 1. The van der Waals surface area contributed by atoms with E-state index >= 15 is 0 Å². The molecule has 0 saturated carbocycles. The molecule has 6 nitrogen and oxygen atoms in total. The summed E-state index contributed by atoms with van der Waals surface area (Å²) in [5.41, 5.74) is 1.33. The lowest BCUT2D eigenvalue weighted by Crippen LogP contribution is -2.13. The van der Waals surface area contributed by atoms with Gasteiger partial charge in [0.1, 0.15) is 6.33 Å². The van der Waals surface area contributed by atoms with E-state index in [0.29, 0.717) is 11.5 Å². The van der Waals surface area contributed by atoms with Crippen LogP contribution in [0.25, 0.3) is 0 Å². The van der Waals surface area contributed by atoms with Crippen LogP contribution in [0.3, 0.4) is 0 Å². The molecule has 0 fully saturated rings. The minimum Gasteiger partial charge on any atom is -0.291 e. The number of anilines is 1. The number of H-pyrrole nitrogens is 1. The maximum atomic E-state index is 11.6. The fourth-order valence-corrected chi connectivity index (χ4v) is 1.13. The van der Waals surface area contributed by atoms with Crippen LogP contribution in [0, 0.1) is 6.92 Å². The summed E-state index contributed by atoms with van der Waals surface area (Å²) >= 11 is 0. The summed E-state index contributed by atoms with van der Waals surface area (Å²) in [7, 11) is 0. The van der Waals surface area contributed by atoms with Crippen LogP contribution in [-0.2, 0) is 0 Å². The first kappa shape index (κ1) is 9.32. The molecular formula is C9H9N5O. The number of hydrogen-bond donors (Lipinski definition) is 2. The zero-order chi connectivity index (χ0) is 10.7. The molecule has 0 aliphatic rings. The van der Waals surface area contributed by atoms with Crippen LogP contribution in [0.1, 0.15) is 16.1 Å². The molecule has 76 valence electrons. The highest BCUT2D eigenvalue weighted by atomic mass is 16.1. The Morgan fingerprint density at radius 1 is 1.47 bits per heavy atom. The summed E-state index contributed by atoms with van der Waals surface area (Å²) in [6.45, 7) is 1.82. The van der Waals surface area contributed by atoms with E-state index < -0.39 is 0 Å². The molecule has 1 amide bonds. The molecule has 0 saturated heterocycles. The summed E-state index contributed by atoms with van der Waals surface area (Å²) in [5.74, 6) is 0.0896. The molecule has 6 heteroatoms. The van der Waals surface area contributed by atoms with Crippen LogP contribution in [0.2, 0.25) is 0 Å². The maximum Gasteiger partial charge on any atom is 0.258 e. The van der Waals surface area contributed by atoms with Gasteiger partial charge in [-0.25, -0.2) is 5.10 Å². The van der Waals surface area contributed by atoms with Gasteiger partial charge in [-0.05, 0) is 19.1 Å². The van der Waals surface area contributed by atoms with Crippen LogP contribution in [0.4, 0.5) is 5.95 Å². The van der Waals surface area contributed by atoms with E-state index in [1.807, 2.05) is 6.92 Å². The number of amides is 1. The maximum absolute atomic E-state index is 11.6. The second-order valence-electron chi connectivity index (χ2n) is 2.97. The van der Waals surface area contributed by atoms with E-state index in [4.69, 9.17) is 0 Å². The standard InChI is InChI=1S/C9H9N5O/c1-6-4-7(2-3-10-6)8(15)13-9-11-5-12-14-9/h2-5H,1H3,(H2,11,12,13,14,15). The highest BCUT2D eigenvalue weighted by Crippen LogP contribution is 2.03. The van der Waals surface area contributed by atoms with Gasteiger partial charge in [-0.2, -0.15) is 10.1 Å². The molecule has 0 aromatic carbocycles. The first-order valence-corrected chi connectivity index (χ1v) is 4.35.